The highest BCUT2D eigenvalue weighted by atomic mass is 32.1. The SMILES string of the molecule is C[C@H](CO)c1cccs1. The van der Waals surface area contributed by atoms with E-state index in [4.69, 9.17) is 5.11 Å². The van der Waals surface area contributed by atoms with Gasteiger partial charge in [-0.3, -0.25) is 0 Å². The van der Waals surface area contributed by atoms with Crippen LogP contribution in [0, 0.1) is 0 Å². The van der Waals surface area contributed by atoms with E-state index in [2.05, 4.69) is 0 Å². The Morgan fingerprint density at radius 2 is 2.56 bits per heavy atom. The van der Waals surface area contributed by atoms with Crippen LogP contribution in [0.25, 0.3) is 0 Å². The summed E-state index contributed by atoms with van der Waals surface area (Å²) in [6.07, 6.45) is 0. The Bertz CT molecular complexity index is 157. The quantitative estimate of drug-likeness (QED) is 0.668. The summed E-state index contributed by atoms with van der Waals surface area (Å²) >= 11 is 1.70. The van der Waals surface area contributed by atoms with Crippen LogP contribution in [0.3, 0.4) is 0 Å². The molecule has 0 fully saturated rings. The molecule has 1 aromatic rings. The Hall–Kier alpha value is -0.340. The van der Waals surface area contributed by atoms with Crippen LogP contribution in [0.2, 0.25) is 0 Å². The van der Waals surface area contributed by atoms with Gasteiger partial charge in [0.2, 0.25) is 0 Å². The van der Waals surface area contributed by atoms with Gasteiger partial charge in [-0.25, -0.2) is 0 Å². The number of hydrogen-bond acceptors (Lipinski definition) is 2. The monoisotopic (exact) mass is 142 g/mol. The van der Waals surface area contributed by atoms with Crippen LogP contribution in [0.1, 0.15) is 17.7 Å². The van der Waals surface area contributed by atoms with Gasteiger partial charge in [-0.2, -0.15) is 0 Å². The van der Waals surface area contributed by atoms with E-state index in [-0.39, 0.29) is 6.61 Å². The molecule has 0 spiro atoms. The number of rotatable bonds is 2. The minimum Gasteiger partial charge on any atom is -0.396 e. The van der Waals surface area contributed by atoms with Crippen molar-refractivity contribution in [1.82, 2.24) is 0 Å². The Labute approximate surface area is 59.0 Å². The van der Waals surface area contributed by atoms with Crippen molar-refractivity contribution < 1.29 is 5.11 Å². The van der Waals surface area contributed by atoms with Crippen molar-refractivity contribution >= 4 is 11.3 Å². The Balaban J connectivity index is 2.65. The van der Waals surface area contributed by atoms with Gasteiger partial charge < -0.3 is 5.11 Å². The lowest BCUT2D eigenvalue weighted by Gasteiger charge is -2.01. The van der Waals surface area contributed by atoms with Gasteiger partial charge in [0.25, 0.3) is 0 Å². The summed E-state index contributed by atoms with van der Waals surface area (Å²) in [5.41, 5.74) is 0. The zero-order valence-corrected chi connectivity index (χ0v) is 6.19. The van der Waals surface area contributed by atoms with Gasteiger partial charge in [0, 0.05) is 10.8 Å². The van der Waals surface area contributed by atoms with E-state index in [1.165, 1.54) is 4.88 Å². The van der Waals surface area contributed by atoms with Crippen LogP contribution >= 0.6 is 11.3 Å². The minimum absolute atomic E-state index is 0.251. The van der Waals surface area contributed by atoms with E-state index in [1.54, 1.807) is 11.3 Å². The summed E-state index contributed by atoms with van der Waals surface area (Å²) in [5.74, 6) is 0.310. The maximum atomic E-state index is 8.71. The third kappa shape index (κ3) is 1.53. The first kappa shape index (κ1) is 6.78. The summed E-state index contributed by atoms with van der Waals surface area (Å²) in [6.45, 7) is 2.27. The predicted octanol–water partition coefficient (Wildman–Crippen LogP) is 1.84. The van der Waals surface area contributed by atoms with E-state index < -0.39 is 0 Å². The fourth-order valence-corrected chi connectivity index (χ4v) is 1.44. The molecular formula is C7H10OS. The highest BCUT2D eigenvalue weighted by molar-refractivity contribution is 7.10. The lowest BCUT2D eigenvalue weighted by molar-refractivity contribution is 0.274. The van der Waals surface area contributed by atoms with Crippen molar-refractivity contribution in [3.05, 3.63) is 22.4 Å². The van der Waals surface area contributed by atoms with Crippen LogP contribution in [0.4, 0.5) is 0 Å². The highest BCUT2D eigenvalue weighted by Crippen LogP contribution is 2.19. The number of thiophene rings is 1. The average Bonchev–Trinajstić information content (AvgIpc) is 2.37. The maximum absolute atomic E-state index is 8.71. The molecule has 2 heteroatoms. The van der Waals surface area contributed by atoms with Gasteiger partial charge in [0.1, 0.15) is 0 Å². The molecule has 0 unspecified atom stereocenters. The van der Waals surface area contributed by atoms with Gasteiger partial charge >= 0.3 is 0 Å². The maximum Gasteiger partial charge on any atom is 0.0504 e. The van der Waals surface area contributed by atoms with Crippen LogP contribution in [0.15, 0.2) is 17.5 Å². The first-order valence-corrected chi connectivity index (χ1v) is 3.87. The van der Waals surface area contributed by atoms with Crippen molar-refractivity contribution in [3.63, 3.8) is 0 Å². The van der Waals surface area contributed by atoms with Crippen molar-refractivity contribution in [2.75, 3.05) is 6.61 Å². The Morgan fingerprint density at radius 1 is 1.78 bits per heavy atom. The molecule has 1 nitrogen and oxygen atoms in total. The Morgan fingerprint density at radius 3 is 3.00 bits per heavy atom. The van der Waals surface area contributed by atoms with E-state index in [0.717, 1.165) is 0 Å². The fourth-order valence-electron chi connectivity index (χ4n) is 0.662. The normalized spacial score (nSPS) is 13.6. The molecule has 1 N–H and O–H groups in total. The topological polar surface area (TPSA) is 20.2 Å². The second-order valence-electron chi connectivity index (χ2n) is 2.10. The van der Waals surface area contributed by atoms with Gasteiger partial charge in [-0.15, -0.1) is 11.3 Å². The molecule has 1 heterocycles. The third-order valence-electron chi connectivity index (χ3n) is 1.30. The van der Waals surface area contributed by atoms with E-state index >= 15 is 0 Å². The van der Waals surface area contributed by atoms with E-state index in [1.807, 2.05) is 24.4 Å². The standard InChI is InChI=1S/C7H10OS/c1-6(5-8)7-3-2-4-9-7/h2-4,6,8H,5H2,1H3/t6-/m1/s1. The summed E-state index contributed by atoms with van der Waals surface area (Å²) in [6, 6.07) is 4.05. The lowest BCUT2D eigenvalue weighted by atomic mass is 10.2. The molecular weight excluding hydrogens is 132 g/mol. The largest absolute Gasteiger partial charge is 0.396 e. The third-order valence-corrected chi connectivity index (χ3v) is 2.41. The van der Waals surface area contributed by atoms with Gasteiger partial charge in [-0.1, -0.05) is 13.0 Å². The molecule has 0 aliphatic rings. The first-order valence-electron chi connectivity index (χ1n) is 2.99. The second-order valence-corrected chi connectivity index (χ2v) is 3.08. The summed E-state index contributed by atoms with van der Waals surface area (Å²) in [7, 11) is 0. The van der Waals surface area contributed by atoms with Crippen LogP contribution < -0.4 is 0 Å². The predicted molar refractivity (Wildman–Crippen MR) is 39.8 cm³/mol. The molecule has 0 aliphatic heterocycles. The molecule has 0 amide bonds. The summed E-state index contributed by atoms with van der Waals surface area (Å²) in [5, 5.41) is 10.7. The van der Waals surface area contributed by atoms with Gasteiger partial charge in [0.05, 0.1) is 6.61 Å². The smallest absolute Gasteiger partial charge is 0.0504 e. The van der Waals surface area contributed by atoms with E-state index in [9.17, 15) is 0 Å². The second kappa shape index (κ2) is 2.99. The average molecular weight is 142 g/mol. The molecule has 1 aromatic heterocycles. The molecule has 9 heavy (non-hydrogen) atoms. The number of aliphatic hydroxyl groups excluding tert-OH is 1. The first-order chi connectivity index (χ1) is 4.34. The summed E-state index contributed by atoms with van der Waals surface area (Å²) in [4.78, 5) is 1.26. The van der Waals surface area contributed by atoms with Gasteiger partial charge in [0.15, 0.2) is 0 Å². The molecule has 1 rings (SSSR count). The van der Waals surface area contributed by atoms with Crippen LogP contribution in [-0.2, 0) is 0 Å². The van der Waals surface area contributed by atoms with Crippen molar-refractivity contribution in [2.24, 2.45) is 0 Å². The zero-order chi connectivity index (χ0) is 6.69. The highest BCUT2D eigenvalue weighted by Gasteiger charge is 2.02. The lowest BCUT2D eigenvalue weighted by Crippen LogP contribution is -1.94. The fraction of sp³-hybridized carbons (Fsp3) is 0.429. The zero-order valence-electron chi connectivity index (χ0n) is 5.37. The van der Waals surface area contributed by atoms with Crippen molar-refractivity contribution in [1.29, 1.82) is 0 Å². The van der Waals surface area contributed by atoms with Crippen LogP contribution in [0.5, 0.6) is 0 Å². The molecule has 1 atom stereocenters. The number of aliphatic hydroxyl groups is 1. The summed E-state index contributed by atoms with van der Waals surface area (Å²) < 4.78 is 0. The molecule has 0 aromatic carbocycles. The van der Waals surface area contributed by atoms with Crippen molar-refractivity contribution in [3.8, 4) is 0 Å². The Kier molecular flexibility index (Phi) is 2.25. The van der Waals surface area contributed by atoms with Crippen LogP contribution in [-0.4, -0.2) is 11.7 Å². The molecule has 0 bridgehead atoms. The van der Waals surface area contributed by atoms with Gasteiger partial charge in [-0.05, 0) is 11.4 Å². The molecule has 0 radical (unpaired) electrons. The van der Waals surface area contributed by atoms with Crippen molar-refractivity contribution in [2.45, 2.75) is 12.8 Å². The molecule has 0 saturated carbocycles. The molecule has 0 aliphatic carbocycles. The van der Waals surface area contributed by atoms with E-state index in [0.29, 0.717) is 5.92 Å². The molecule has 50 valence electrons. The number of hydrogen-bond donors (Lipinski definition) is 1. The molecule has 0 saturated heterocycles. The minimum atomic E-state index is 0.251.